The monoisotopic (exact) mass is 338 g/mol. The van der Waals surface area contributed by atoms with Gasteiger partial charge in [0.25, 0.3) is 0 Å². The summed E-state index contributed by atoms with van der Waals surface area (Å²) in [5.41, 5.74) is 1.48. The molecule has 0 aliphatic carbocycles. The topological polar surface area (TPSA) is 52.6 Å². The molecular weight excluding hydrogens is 312 g/mol. The van der Waals surface area contributed by atoms with Gasteiger partial charge in [0, 0.05) is 42.1 Å². The van der Waals surface area contributed by atoms with E-state index >= 15 is 0 Å². The van der Waals surface area contributed by atoms with Crippen LogP contribution in [0, 0.1) is 0 Å². The lowest BCUT2D eigenvalue weighted by molar-refractivity contribution is 0.104. The highest BCUT2D eigenvalue weighted by Gasteiger charge is 2.06. The normalized spacial score (nSPS) is 11.8. The van der Waals surface area contributed by atoms with Crippen molar-refractivity contribution in [3.8, 4) is 0 Å². The minimum absolute atomic E-state index is 0.0510. The maximum Gasteiger partial charge on any atom is 0.187 e. The second-order valence-corrected chi connectivity index (χ2v) is 5.76. The lowest BCUT2D eigenvalue weighted by Gasteiger charge is -2.19. The van der Waals surface area contributed by atoms with Gasteiger partial charge in [-0.3, -0.25) is 4.79 Å². The molecule has 0 amide bonds. The van der Waals surface area contributed by atoms with Gasteiger partial charge in [-0.15, -0.1) is 0 Å². The van der Waals surface area contributed by atoms with E-state index in [1.807, 2.05) is 0 Å². The average Bonchev–Trinajstić information content (AvgIpc) is 2.56. The number of rotatable bonds is 11. The molecule has 0 aliphatic heterocycles. The fourth-order valence-corrected chi connectivity index (χ4v) is 2.38. The highest BCUT2D eigenvalue weighted by Crippen LogP contribution is 2.12. The van der Waals surface area contributed by atoms with Crippen LogP contribution in [0.25, 0.3) is 0 Å². The van der Waals surface area contributed by atoms with E-state index < -0.39 is 0 Å². The van der Waals surface area contributed by atoms with E-state index in [-0.39, 0.29) is 12.4 Å². The van der Waals surface area contributed by atoms with Crippen molar-refractivity contribution in [3.05, 3.63) is 46.6 Å². The van der Waals surface area contributed by atoms with E-state index in [9.17, 15) is 4.79 Å². The molecule has 128 valence electrons. The van der Waals surface area contributed by atoms with Crippen LogP contribution in [0.3, 0.4) is 0 Å². The second-order valence-electron chi connectivity index (χ2n) is 5.32. The largest absolute Gasteiger partial charge is 0.396 e. The molecule has 0 fully saturated rings. The van der Waals surface area contributed by atoms with Crippen LogP contribution in [0.1, 0.15) is 37.0 Å². The van der Waals surface area contributed by atoms with Crippen LogP contribution >= 0.6 is 11.6 Å². The second kappa shape index (κ2) is 11.2. The minimum atomic E-state index is -0.0510. The molecule has 0 heterocycles. The summed E-state index contributed by atoms with van der Waals surface area (Å²) in [7, 11) is 0. The van der Waals surface area contributed by atoms with E-state index in [0.29, 0.717) is 23.4 Å². The number of hydrogen-bond acceptors (Lipinski definition) is 4. The first kappa shape index (κ1) is 19.7. The van der Waals surface area contributed by atoms with Gasteiger partial charge in [-0.05, 0) is 50.2 Å². The number of likely N-dealkylation sites (N-methyl/N-ethyl adjacent to an activating group) is 1. The molecule has 0 atom stereocenters. The molecule has 2 N–H and O–H groups in total. The van der Waals surface area contributed by atoms with Crippen molar-refractivity contribution in [1.29, 1.82) is 0 Å². The number of carbonyl (C=O) groups is 1. The zero-order valence-corrected chi connectivity index (χ0v) is 14.8. The number of halogens is 1. The van der Waals surface area contributed by atoms with Crippen molar-refractivity contribution in [2.45, 2.75) is 26.7 Å². The molecule has 0 radical (unpaired) electrons. The van der Waals surface area contributed by atoms with Gasteiger partial charge in [0.15, 0.2) is 5.78 Å². The lowest BCUT2D eigenvalue weighted by atomic mass is 10.1. The molecule has 1 rings (SSSR count). The van der Waals surface area contributed by atoms with Gasteiger partial charge >= 0.3 is 0 Å². The molecular formula is C18H27ClN2O2. The van der Waals surface area contributed by atoms with Gasteiger partial charge in [-0.25, -0.2) is 0 Å². The molecule has 1 aromatic carbocycles. The van der Waals surface area contributed by atoms with Gasteiger partial charge in [0.2, 0.25) is 0 Å². The zero-order valence-electron chi connectivity index (χ0n) is 14.0. The first-order chi connectivity index (χ1) is 11.1. The summed E-state index contributed by atoms with van der Waals surface area (Å²) in [4.78, 5) is 14.6. The Bertz CT molecular complexity index is 496. The third-order valence-electron chi connectivity index (χ3n) is 3.71. The van der Waals surface area contributed by atoms with Crippen LogP contribution in [0.5, 0.6) is 0 Å². The molecule has 0 saturated heterocycles. The van der Waals surface area contributed by atoms with Gasteiger partial charge in [0.1, 0.15) is 0 Å². The molecule has 1 aromatic rings. The molecule has 0 unspecified atom stereocenters. The molecule has 0 aromatic heterocycles. The van der Waals surface area contributed by atoms with Crippen molar-refractivity contribution < 1.29 is 9.90 Å². The van der Waals surface area contributed by atoms with Crippen LogP contribution < -0.4 is 5.32 Å². The highest BCUT2D eigenvalue weighted by atomic mass is 35.5. The lowest BCUT2D eigenvalue weighted by Crippen LogP contribution is -2.31. The molecule has 23 heavy (non-hydrogen) atoms. The predicted octanol–water partition coefficient (Wildman–Crippen LogP) is 3.11. The number of nitrogens with one attached hydrogen (secondary N) is 1. The van der Waals surface area contributed by atoms with Gasteiger partial charge in [-0.2, -0.15) is 0 Å². The van der Waals surface area contributed by atoms with Crippen molar-refractivity contribution in [2.75, 3.05) is 32.8 Å². The quantitative estimate of drug-likeness (QED) is 0.481. The zero-order chi connectivity index (χ0) is 17.1. The Morgan fingerprint density at radius 1 is 1.26 bits per heavy atom. The Kier molecular flexibility index (Phi) is 9.60. The molecule has 5 heteroatoms. The smallest absolute Gasteiger partial charge is 0.187 e. The van der Waals surface area contributed by atoms with Crippen LogP contribution in [0.4, 0.5) is 0 Å². The Hall–Kier alpha value is -1.36. The molecule has 0 bridgehead atoms. The molecule has 0 spiro atoms. The van der Waals surface area contributed by atoms with Gasteiger partial charge < -0.3 is 15.3 Å². The van der Waals surface area contributed by atoms with E-state index in [0.717, 1.165) is 31.9 Å². The fourth-order valence-electron chi connectivity index (χ4n) is 2.25. The summed E-state index contributed by atoms with van der Waals surface area (Å²) < 4.78 is 0. The van der Waals surface area contributed by atoms with Crippen LogP contribution in [-0.2, 0) is 0 Å². The van der Waals surface area contributed by atoms with Crippen LogP contribution in [0.15, 0.2) is 36.0 Å². The maximum absolute atomic E-state index is 12.3. The van der Waals surface area contributed by atoms with Crippen molar-refractivity contribution >= 4 is 17.4 Å². The van der Waals surface area contributed by atoms with Crippen molar-refractivity contribution in [3.63, 3.8) is 0 Å². The van der Waals surface area contributed by atoms with Gasteiger partial charge in [0.05, 0.1) is 0 Å². The fraction of sp³-hybridized carbons (Fsp3) is 0.500. The average molecular weight is 339 g/mol. The summed E-state index contributed by atoms with van der Waals surface area (Å²) in [6, 6.07) is 6.87. The van der Waals surface area contributed by atoms with E-state index in [1.54, 1.807) is 30.3 Å². The van der Waals surface area contributed by atoms with Crippen molar-refractivity contribution in [1.82, 2.24) is 10.2 Å². The Labute approximate surface area is 144 Å². The first-order valence-corrected chi connectivity index (χ1v) is 8.56. The van der Waals surface area contributed by atoms with E-state index in [1.165, 1.54) is 0 Å². The summed E-state index contributed by atoms with van der Waals surface area (Å²) in [6.45, 7) is 8.12. The molecule has 4 nitrogen and oxygen atoms in total. The Morgan fingerprint density at radius 3 is 2.48 bits per heavy atom. The summed E-state index contributed by atoms with van der Waals surface area (Å²) in [5.74, 6) is -0.0510. The number of benzene rings is 1. The van der Waals surface area contributed by atoms with E-state index in [2.05, 4.69) is 24.1 Å². The Morgan fingerprint density at radius 2 is 1.91 bits per heavy atom. The van der Waals surface area contributed by atoms with E-state index in [4.69, 9.17) is 16.7 Å². The first-order valence-electron chi connectivity index (χ1n) is 8.18. The van der Waals surface area contributed by atoms with Crippen LogP contribution in [0.2, 0.25) is 5.02 Å². The number of carbonyl (C=O) groups excluding carboxylic acids is 1. The van der Waals surface area contributed by atoms with Crippen LogP contribution in [-0.4, -0.2) is 48.6 Å². The van der Waals surface area contributed by atoms with Gasteiger partial charge in [-0.1, -0.05) is 25.4 Å². The number of ketones is 1. The summed E-state index contributed by atoms with van der Waals surface area (Å²) in [5, 5.41) is 13.0. The third-order valence-corrected chi connectivity index (χ3v) is 3.96. The standard InChI is InChI=1S/C18H27ClN2O2/c1-3-21(4-2)12-11-20-17(6-5-13-22)14-18(23)15-7-9-16(19)10-8-15/h7-10,14,20,22H,3-6,11-13H2,1-2H3/b17-14-. The maximum atomic E-state index is 12.3. The number of nitrogens with zero attached hydrogens (tertiary/aromatic N) is 1. The Balaban J connectivity index is 2.67. The summed E-state index contributed by atoms with van der Waals surface area (Å²) >= 11 is 5.84. The minimum Gasteiger partial charge on any atom is -0.396 e. The summed E-state index contributed by atoms with van der Waals surface area (Å²) in [6.07, 6.45) is 2.92. The van der Waals surface area contributed by atoms with Crippen molar-refractivity contribution in [2.24, 2.45) is 0 Å². The molecule has 0 aliphatic rings. The number of hydrogen-bond donors (Lipinski definition) is 2. The number of aliphatic hydroxyl groups is 1. The SMILES string of the molecule is CCN(CC)CCN/C(=C\C(=O)c1ccc(Cl)cc1)CCCO. The third kappa shape index (κ3) is 7.64. The highest BCUT2D eigenvalue weighted by molar-refractivity contribution is 6.30. The predicted molar refractivity (Wildman–Crippen MR) is 96.0 cm³/mol. The molecule has 0 saturated carbocycles. The number of allylic oxidation sites excluding steroid dienone is 2. The number of aliphatic hydroxyl groups excluding tert-OH is 1.